The lowest BCUT2D eigenvalue weighted by Crippen LogP contribution is -2.56. The summed E-state index contributed by atoms with van der Waals surface area (Å²) in [5.74, 6) is 0.365. The van der Waals surface area contributed by atoms with Crippen LogP contribution in [-0.2, 0) is 10.0 Å². The van der Waals surface area contributed by atoms with Crippen LogP contribution >= 0.6 is 0 Å². The summed E-state index contributed by atoms with van der Waals surface area (Å²) in [6, 6.07) is 9.77. The number of aryl methyl sites for hydroxylation is 1. The first-order chi connectivity index (χ1) is 15.2. The van der Waals surface area contributed by atoms with E-state index >= 15 is 0 Å². The highest BCUT2D eigenvalue weighted by Crippen LogP contribution is 2.35. The third kappa shape index (κ3) is 4.31. The van der Waals surface area contributed by atoms with Crippen molar-refractivity contribution in [3.05, 3.63) is 58.0 Å². The van der Waals surface area contributed by atoms with Crippen molar-refractivity contribution < 1.29 is 17.9 Å². The van der Waals surface area contributed by atoms with Gasteiger partial charge in [0.1, 0.15) is 11.9 Å². The molecule has 32 heavy (non-hydrogen) atoms. The quantitative estimate of drug-likeness (QED) is 0.605. The van der Waals surface area contributed by atoms with Crippen molar-refractivity contribution >= 4 is 15.9 Å². The molecule has 1 aromatic heterocycles. The van der Waals surface area contributed by atoms with E-state index in [1.807, 2.05) is 17.6 Å². The Morgan fingerprint density at radius 1 is 1.09 bits per heavy atom. The first-order valence-electron chi connectivity index (χ1n) is 11.0. The molecule has 0 bridgehead atoms. The normalized spacial score (nSPS) is 16.8. The molecule has 9 heteroatoms. The number of pyridine rings is 1. The van der Waals surface area contributed by atoms with Crippen LogP contribution < -0.4 is 10.3 Å². The van der Waals surface area contributed by atoms with Gasteiger partial charge in [0.2, 0.25) is 10.0 Å². The zero-order valence-corrected chi connectivity index (χ0v) is 19.5. The minimum atomic E-state index is -3.55. The molecular formula is C23H29N3O5S. The lowest BCUT2D eigenvalue weighted by Gasteiger charge is -2.39. The summed E-state index contributed by atoms with van der Waals surface area (Å²) in [4.78, 5) is 26.9. The number of benzene rings is 1. The number of amides is 1. The smallest absolute Gasteiger partial charge is 0.254 e. The van der Waals surface area contributed by atoms with Gasteiger partial charge in [-0.1, -0.05) is 13.8 Å². The fourth-order valence-electron chi connectivity index (χ4n) is 4.09. The summed E-state index contributed by atoms with van der Waals surface area (Å²) in [7, 11) is -3.55. The number of aromatic nitrogens is 1. The zero-order valence-electron chi connectivity index (χ0n) is 18.7. The monoisotopic (exact) mass is 459 g/mol. The minimum absolute atomic E-state index is 0.0468. The molecule has 2 heterocycles. The number of rotatable bonds is 8. The number of ether oxygens (including phenoxy) is 1. The lowest BCUT2D eigenvalue weighted by atomic mass is 10.1. The van der Waals surface area contributed by atoms with Gasteiger partial charge in [-0.2, -0.15) is 4.31 Å². The number of nitrogens with zero attached hydrogens (tertiary/aromatic N) is 3. The van der Waals surface area contributed by atoms with Gasteiger partial charge in [0.15, 0.2) is 0 Å². The van der Waals surface area contributed by atoms with Crippen LogP contribution in [0.5, 0.6) is 5.75 Å². The van der Waals surface area contributed by atoms with Crippen LogP contribution in [0.3, 0.4) is 0 Å². The van der Waals surface area contributed by atoms with E-state index in [0.717, 1.165) is 18.5 Å². The predicted molar refractivity (Wildman–Crippen MR) is 121 cm³/mol. The van der Waals surface area contributed by atoms with E-state index in [-0.39, 0.29) is 22.5 Å². The Bertz CT molecular complexity index is 1160. The maximum atomic E-state index is 12.7. The molecule has 0 unspecified atom stereocenters. The number of hydrogen-bond donors (Lipinski definition) is 0. The molecule has 1 saturated heterocycles. The van der Waals surface area contributed by atoms with E-state index in [0.29, 0.717) is 43.5 Å². The van der Waals surface area contributed by atoms with Crippen LogP contribution in [0, 0.1) is 6.92 Å². The second kappa shape index (κ2) is 8.71. The van der Waals surface area contributed by atoms with Crippen LogP contribution in [0.4, 0.5) is 0 Å². The fourth-order valence-corrected chi connectivity index (χ4v) is 5.54. The standard InChI is InChI=1S/C23H29N3O5S/c1-4-25(5-2)32(29,30)21-10-6-17(7-11-21)23(28)24-14-20(15-24)31-19-12-16(3)26(18-8-9-18)22(27)13-19/h6-7,10-13,18,20H,4-5,8-9,14-15H2,1-3H3. The first kappa shape index (κ1) is 22.5. The highest BCUT2D eigenvalue weighted by Gasteiger charge is 2.34. The van der Waals surface area contributed by atoms with E-state index in [1.54, 1.807) is 30.9 Å². The highest BCUT2D eigenvalue weighted by atomic mass is 32.2. The van der Waals surface area contributed by atoms with Crippen molar-refractivity contribution in [2.75, 3.05) is 26.2 Å². The van der Waals surface area contributed by atoms with Gasteiger partial charge in [-0.3, -0.25) is 9.59 Å². The van der Waals surface area contributed by atoms with Gasteiger partial charge < -0.3 is 14.2 Å². The van der Waals surface area contributed by atoms with Crippen LogP contribution in [0.1, 0.15) is 48.8 Å². The van der Waals surface area contributed by atoms with Gasteiger partial charge in [-0.25, -0.2) is 8.42 Å². The lowest BCUT2D eigenvalue weighted by molar-refractivity contribution is 0.0176. The van der Waals surface area contributed by atoms with Crippen molar-refractivity contribution in [1.29, 1.82) is 0 Å². The van der Waals surface area contributed by atoms with Crippen molar-refractivity contribution in [1.82, 2.24) is 13.8 Å². The largest absolute Gasteiger partial charge is 0.486 e. The minimum Gasteiger partial charge on any atom is -0.486 e. The average Bonchev–Trinajstić information content (AvgIpc) is 3.55. The topological polar surface area (TPSA) is 88.9 Å². The Morgan fingerprint density at radius 3 is 2.25 bits per heavy atom. The number of sulfonamides is 1. The second-order valence-electron chi connectivity index (χ2n) is 8.34. The summed E-state index contributed by atoms with van der Waals surface area (Å²) in [5, 5.41) is 0. The summed E-state index contributed by atoms with van der Waals surface area (Å²) in [5.41, 5.74) is 1.28. The third-order valence-corrected chi connectivity index (χ3v) is 8.09. The molecule has 2 aromatic rings. The Hall–Kier alpha value is -2.65. The summed E-state index contributed by atoms with van der Waals surface area (Å²) in [6.45, 7) is 7.12. The Balaban J connectivity index is 1.36. The molecular weight excluding hydrogens is 430 g/mol. The molecule has 1 aliphatic heterocycles. The molecule has 1 saturated carbocycles. The number of hydrogen-bond acceptors (Lipinski definition) is 5. The van der Waals surface area contributed by atoms with Crippen LogP contribution in [0.2, 0.25) is 0 Å². The molecule has 1 amide bonds. The molecule has 0 N–H and O–H groups in total. The zero-order chi connectivity index (χ0) is 23.0. The third-order valence-electron chi connectivity index (χ3n) is 6.03. The molecule has 4 rings (SSSR count). The van der Waals surface area contributed by atoms with E-state index in [1.165, 1.54) is 22.5 Å². The van der Waals surface area contributed by atoms with Gasteiger partial charge in [0.25, 0.3) is 11.5 Å². The molecule has 0 spiro atoms. The summed E-state index contributed by atoms with van der Waals surface area (Å²) < 4.78 is 34.3. The number of carbonyl (C=O) groups excluding carboxylic acids is 1. The SMILES string of the molecule is CCN(CC)S(=O)(=O)c1ccc(C(=O)N2CC(Oc3cc(C)n(C4CC4)c(=O)c3)C2)cc1. The van der Waals surface area contributed by atoms with Crippen molar-refractivity contribution in [2.45, 2.75) is 50.7 Å². The van der Waals surface area contributed by atoms with E-state index < -0.39 is 10.0 Å². The predicted octanol–water partition coefficient (Wildman–Crippen LogP) is 2.43. The number of carbonyl (C=O) groups is 1. The van der Waals surface area contributed by atoms with Gasteiger partial charge in [0.05, 0.1) is 18.0 Å². The highest BCUT2D eigenvalue weighted by molar-refractivity contribution is 7.89. The number of likely N-dealkylation sites (tertiary alicyclic amines) is 1. The van der Waals surface area contributed by atoms with Gasteiger partial charge >= 0.3 is 0 Å². The van der Waals surface area contributed by atoms with Crippen molar-refractivity contribution in [3.63, 3.8) is 0 Å². The molecule has 172 valence electrons. The van der Waals surface area contributed by atoms with E-state index in [4.69, 9.17) is 4.74 Å². The van der Waals surface area contributed by atoms with Gasteiger partial charge in [-0.15, -0.1) is 0 Å². The first-order valence-corrected chi connectivity index (χ1v) is 12.5. The van der Waals surface area contributed by atoms with Crippen molar-refractivity contribution in [2.24, 2.45) is 0 Å². The van der Waals surface area contributed by atoms with Gasteiger partial charge in [-0.05, 0) is 50.1 Å². The van der Waals surface area contributed by atoms with Crippen LogP contribution in [0.15, 0.2) is 46.1 Å². The van der Waals surface area contributed by atoms with Crippen LogP contribution in [-0.4, -0.2) is 60.4 Å². The van der Waals surface area contributed by atoms with Gasteiger partial charge in [0, 0.05) is 36.5 Å². The van der Waals surface area contributed by atoms with Crippen molar-refractivity contribution in [3.8, 4) is 5.75 Å². The molecule has 2 fully saturated rings. The van der Waals surface area contributed by atoms with E-state index in [2.05, 4.69) is 0 Å². The summed E-state index contributed by atoms with van der Waals surface area (Å²) >= 11 is 0. The molecule has 1 aliphatic carbocycles. The molecule has 8 nitrogen and oxygen atoms in total. The maximum absolute atomic E-state index is 12.7. The molecule has 0 radical (unpaired) electrons. The average molecular weight is 460 g/mol. The molecule has 1 aromatic carbocycles. The molecule has 2 aliphatic rings. The maximum Gasteiger partial charge on any atom is 0.254 e. The Labute approximate surface area is 188 Å². The fraction of sp³-hybridized carbons (Fsp3) is 0.478. The Kier molecular flexibility index (Phi) is 6.13. The summed E-state index contributed by atoms with van der Waals surface area (Å²) in [6.07, 6.45) is 1.92. The Morgan fingerprint density at radius 2 is 1.72 bits per heavy atom. The van der Waals surface area contributed by atoms with E-state index in [9.17, 15) is 18.0 Å². The second-order valence-corrected chi connectivity index (χ2v) is 10.3. The molecule has 0 atom stereocenters. The van der Waals surface area contributed by atoms with Crippen LogP contribution in [0.25, 0.3) is 0 Å².